The number of carboxylic acid groups (broad SMARTS) is 1. The van der Waals surface area contributed by atoms with Gasteiger partial charge in [-0.1, -0.05) is 12.1 Å². The fourth-order valence-corrected chi connectivity index (χ4v) is 5.95. The highest BCUT2D eigenvalue weighted by molar-refractivity contribution is 5.82. The van der Waals surface area contributed by atoms with Gasteiger partial charge in [-0.15, -0.1) is 0 Å². The standard InChI is InChI=1S/C28H31F2N3O4/c1-16(13-17-3-9-22(29)23(30)14-17)33-24-10-8-18-11-12-32(28(36)37-2)15-21(18)25(24)31-26(33)19-4-6-20(7-5-19)27(34)35/h3,8-10,14,16,19-20H,4-7,11-13,15H2,1-2H3,(H,34,35)/t16-,19?,20?/m1/s1. The Hall–Kier alpha value is -3.49. The van der Waals surface area contributed by atoms with Crippen molar-refractivity contribution in [1.29, 1.82) is 0 Å². The molecule has 0 bridgehead atoms. The molecule has 196 valence electrons. The quantitative estimate of drug-likeness (QED) is 0.482. The molecular formula is C28H31F2N3O4. The maximum atomic E-state index is 13.9. The maximum Gasteiger partial charge on any atom is 0.409 e. The molecule has 2 aliphatic rings. The lowest BCUT2D eigenvalue weighted by atomic mass is 9.81. The smallest absolute Gasteiger partial charge is 0.409 e. The van der Waals surface area contributed by atoms with Gasteiger partial charge in [0.1, 0.15) is 5.82 Å². The molecule has 1 fully saturated rings. The van der Waals surface area contributed by atoms with Crippen LogP contribution in [0.4, 0.5) is 13.6 Å². The van der Waals surface area contributed by atoms with E-state index in [1.54, 1.807) is 11.0 Å². The fourth-order valence-electron chi connectivity index (χ4n) is 5.95. The Kier molecular flexibility index (Phi) is 6.88. The van der Waals surface area contributed by atoms with E-state index in [1.807, 2.05) is 6.92 Å². The van der Waals surface area contributed by atoms with Gasteiger partial charge in [0.2, 0.25) is 0 Å². The summed E-state index contributed by atoms with van der Waals surface area (Å²) in [5.74, 6) is -1.86. The SMILES string of the molecule is COC(=O)N1CCc2ccc3c(nc(C4CCC(C(=O)O)CC4)n3[C@H](C)Cc3ccc(F)c(F)c3)c2C1. The Morgan fingerprint density at radius 1 is 1.14 bits per heavy atom. The molecule has 7 nitrogen and oxygen atoms in total. The zero-order valence-corrected chi connectivity index (χ0v) is 21.0. The molecule has 9 heteroatoms. The van der Waals surface area contributed by atoms with E-state index in [0.717, 1.165) is 34.1 Å². The minimum Gasteiger partial charge on any atom is -0.481 e. The molecule has 3 aromatic rings. The lowest BCUT2D eigenvalue weighted by Gasteiger charge is -2.28. The van der Waals surface area contributed by atoms with Crippen LogP contribution in [-0.4, -0.2) is 45.3 Å². The van der Waals surface area contributed by atoms with E-state index in [9.17, 15) is 23.5 Å². The number of hydrogen-bond donors (Lipinski definition) is 1. The number of rotatable bonds is 5. The Balaban J connectivity index is 1.56. The maximum absolute atomic E-state index is 13.9. The summed E-state index contributed by atoms with van der Waals surface area (Å²) in [6.07, 6.45) is 3.43. The van der Waals surface area contributed by atoms with Gasteiger partial charge in [0, 0.05) is 24.1 Å². The van der Waals surface area contributed by atoms with E-state index < -0.39 is 17.6 Å². The largest absolute Gasteiger partial charge is 0.481 e. The second-order valence-electron chi connectivity index (χ2n) is 10.2. The van der Waals surface area contributed by atoms with E-state index in [-0.39, 0.29) is 24.0 Å². The third-order valence-corrected chi connectivity index (χ3v) is 7.92. The zero-order chi connectivity index (χ0) is 26.3. The molecule has 2 heterocycles. The summed E-state index contributed by atoms with van der Waals surface area (Å²) in [5.41, 5.74) is 4.58. The minimum absolute atomic E-state index is 0.0892. The van der Waals surface area contributed by atoms with Crippen LogP contribution in [0.5, 0.6) is 0 Å². The topological polar surface area (TPSA) is 84.7 Å². The molecule has 1 amide bonds. The predicted molar refractivity (Wildman–Crippen MR) is 133 cm³/mol. The summed E-state index contributed by atoms with van der Waals surface area (Å²) in [5, 5.41) is 9.46. The molecular weight excluding hydrogens is 480 g/mol. The number of fused-ring (bicyclic) bond motifs is 3. The van der Waals surface area contributed by atoms with Gasteiger partial charge in [-0.2, -0.15) is 0 Å². The number of nitrogens with zero attached hydrogens (tertiary/aromatic N) is 3. The first-order valence-electron chi connectivity index (χ1n) is 12.8. The third kappa shape index (κ3) is 4.79. The zero-order valence-electron chi connectivity index (χ0n) is 21.0. The van der Waals surface area contributed by atoms with Crippen LogP contribution < -0.4 is 0 Å². The fraction of sp³-hybridized carbons (Fsp3) is 0.464. The Bertz CT molecular complexity index is 1350. The number of benzene rings is 2. The van der Waals surface area contributed by atoms with Crippen molar-refractivity contribution in [2.24, 2.45) is 5.92 Å². The molecule has 1 aliphatic carbocycles. The van der Waals surface area contributed by atoms with E-state index in [1.165, 1.54) is 13.2 Å². The van der Waals surface area contributed by atoms with Crippen molar-refractivity contribution < 1.29 is 28.2 Å². The lowest BCUT2D eigenvalue weighted by molar-refractivity contribution is -0.142. The van der Waals surface area contributed by atoms with Crippen LogP contribution in [0.15, 0.2) is 30.3 Å². The summed E-state index contributed by atoms with van der Waals surface area (Å²) in [6.45, 7) is 3.01. The second kappa shape index (κ2) is 10.1. The normalized spacial score (nSPS) is 20.5. The third-order valence-electron chi connectivity index (χ3n) is 7.92. The number of halogens is 2. The summed E-state index contributed by atoms with van der Waals surface area (Å²) in [4.78, 5) is 30.6. The first-order chi connectivity index (χ1) is 17.8. The summed E-state index contributed by atoms with van der Waals surface area (Å²) < 4.78 is 34.6. The molecule has 37 heavy (non-hydrogen) atoms. The predicted octanol–water partition coefficient (Wildman–Crippen LogP) is 5.60. The minimum atomic E-state index is -0.873. The van der Waals surface area contributed by atoms with Crippen LogP contribution in [0.2, 0.25) is 0 Å². The van der Waals surface area contributed by atoms with Crippen LogP contribution in [0, 0.1) is 17.6 Å². The van der Waals surface area contributed by atoms with Gasteiger partial charge in [0.25, 0.3) is 0 Å². The lowest BCUT2D eigenvalue weighted by Crippen LogP contribution is -2.35. The van der Waals surface area contributed by atoms with Crippen molar-refractivity contribution in [2.45, 2.75) is 64.0 Å². The van der Waals surface area contributed by atoms with E-state index in [0.29, 0.717) is 57.2 Å². The van der Waals surface area contributed by atoms with Crippen molar-refractivity contribution in [1.82, 2.24) is 14.5 Å². The van der Waals surface area contributed by atoms with Gasteiger partial charge in [-0.05, 0) is 74.8 Å². The highest BCUT2D eigenvalue weighted by Gasteiger charge is 2.32. The number of carbonyl (C=O) groups excluding carboxylic acids is 1. The number of carbonyl (C=O) groups is 2. The van der Waals surface area contributed by atoms with Gasteiger partial charge < -0.3 is 19.3 Å². The Labute approximate surface area is 214 Å². The van der Waals surface area contributed by atoms with Crippen molar-refractivity contribution in [3.8, 4) is 0 Å². The number of carboxylic acids is 1. The van der Waals surface area contributed by atoms with Crippen LogP contribution in [0.3, 0.4) is 0 Å². The number of ether oxygens (including phenoxy) is 1. The number of methoxy groups -OCH3 is 1. The number of hydrogen-bond acceptors (Lipinski definition) is 4. The first-order valence-corrected chi connectivity index (χ1v) is 12.8. The van der Waals surface area contributed by atoms with Crippen LogP contribution in [-0.2, 0) is 28.9 Å². The van der Waals surface area contributed by atoms with Crippen LogP contribution >= 0.6 is 0 Å². The van der Waals surface area contributed by atoms with E-state index in [2.05, 4.69) is 16.7 Å². The van der Waals surface area contributed by atoms with Crippen LogP contribution in [0.25, 0.3) is 11.0 Å². The Morgan fingerprint density at radius 3 is 2.57 bits per heavy atom. The molecule has 1 N–H and O–H groups in total. The molecule has 0 spiro atoms. The van der Waals surface area contributed by atoms with Crippen molar-refractivity contribution in [3.05, 3.63) is 64.5 Å². The summed E-state index contributed by atoms with van der Waals surface area (Å²) in [7, 11) is 1.37. The Morgan fingerprint density at radius 2 is 1.89 bits per heavy atom. The van der Waals surface area contributed by atoms with Crippen molar-refractivity contribution >= 4 is 23.1 Å². The number of imidazole rings is 1. The highest BCUT2D eigenvalue weighted by atomic mass is 19.2. The molecule has 0 unspecified atom stereocenters. The second-order valence-corrected chi connectivity index (χ2v) is 10.2. The first kappa shape index (κ1) is 25.2. The van der Waals surface area contributed by atoms with E-state index in [4.69, 9.17) is 9.72 Å². The molecule has 0 radical (unpaired) electrons. The van der Waals surface area contributed by atoms with Gasteiger partial charge in [0.05, 0.1) is 30.6 Å². The number of aromatic nitrogens is 2. The molecule has 5 rings (SSSR count). The van der Waals surface area contributed by atoms with Crippen LogP contribution in [0.1, 0.15) is 67.1 Å². The summed E-state index contributed by atoms with van der Waals surface area (Å²) in [6, 6.07) is 8.01. The van der Waals surface area contributed by atoms with Crippen molar-refractivity contribution in [2.75, 3.05) is 13.7 Å². The summed E-state index contributed by atoms with van der Waals surface area (Å²) >= 11 is 0. The van der Waals surface area contributed by atoms with Gasteiger partial charge in [-0.25, -0.2) is 18.6 Å². The van der Waals surface area contributed by atoms with Gasteiger partial charge in [-0.3, -0.25) is 4.79 Å². The average molecular weight is 512 g/mol. The van der Waals surface area contributed by atoms with Gasteiger partial charge >= 0.3 is 12.1 Å². The molecule has 1 saturated carbocycles. The van der Waals surface area contributed by atoms with Gasteiger partial charge in [0.15, 0.2) is 11.6 Å². The average Bonchev–Trinajstić information content (AvgIpc) is 3.30. The molecule has 1 atom stereocenters. The highest BCUT2D eigenvalue weighted by Crippen LogP contribution is 2.40. The van der Waals surface area contributed by atoms with E-state index >= 15 is 0 Å². The molecule has 0 saturated heterocycles. The molecule has 1 aliphatic heterocycles. The number of aliphatic carboxylic acids is 1. The monoisotopic (exact) mass is 511 g/mol. The molecule has 1 aromatic heterocycles. The molecule has 2 aromatic carbocycles. The number of amides is 1. The van der Waals surface area contributed by atoms with Crippen molar-refractivity contribution in [3.63, 3.8) is 0 Å².